The van der Waals surface area contributed by atoms with Gasteiger partial charge in [0.2, 0.25) is 0 Å². The summed E-state index contributed by atoms with van der Waals surface area (Å²) >= 11 is 0. The van der Waals surface area contributed by atoms with Crippen LogP contribution in [0.15, 0.2) is 0 Å². The molecule has 0 amide bonds. The van der Waals surface area contributed by atoms with Crippen molar-refractivity contribution in [2.24, 2.45) is 0 Å². The van der Waals surface area contributed by atoms with Crippen molar-refractivity contribution in [2.75, 3.05) is 19.8 Å². The average molecular weight is 160 g/mol. The largest absolute Gasteiger partial charge is 0.396 e. The molecule has 1 rings (SSSR count). The van der Waals surface area contributed by atoms with Crippen LogP contribution < -0.4 is 0 Å². The van der Waals surface area contributed by atoms with Gasteiger partial charge in [0.25, 0.3) is 0 Å². The fraction of sp³-hybridized carbons (Fsp3) is 1.00. The number of aliphatic hydroxyl groups is 1. The van der Waals surface area contributed by atoms with Crippen LogP contribution in [0.3, 0.4) is 0 Å². The Labute approximate surface area is 67.3 Å². The highest BCUT2D eigenvalue weighted by Gasteiger charge is 2.12. The minimum Gasteiger partial charge on any atom is -0.396 e. The second-order valence-electron chi connectivity index (χ2n) is 2.74. The average Bonchev–Trinajstić information content (AvgIpc) is 2.07. The molecule has 66 valence electrons. The van der Waals surface area contributed by atoms with Crippen LogP contribution in [0.2, 0.25) is 0 Å². The zero-order valence-electron chi connectivity index (χ0n) is 6.79. The third-order valence-electron chi connectivity index (χ3n) is 1.74. The standard InChI is InChI=1S/C8H16O3/c9-5-2-1-4-8-10-6-3-7-11-8/h8-9H,1-7H2. The molecule has 0 atom stereocenters. The summed E-state index contributed by atoms with van der Waals surface area (Å²) in [5, 5.41) is 8.51. The van der Waals surface area contributed by atoms with Crippen LogP contribution in [0.4, 0.5) is 0 Å². The van der Waals surface area contributed by atoms with E-state index in [1.54, 1.807) is 0 Å². The lowest BCUT2D eigenvalue weighted by atomic mass is 10.2. The van der Waals surface area contributed by atoms with Crippen LogP contribution in [-0.4, -0.2) is 31.2 Å². The Balaban J connectivity index is 1.96. The van der Waals surface area contributed by atoms with Crippen LogP contribution in [0, 0.1) is 0 Å². The van der Waals surface area contributed by atoms with E-state index in [2.05, 4.69) is 0 Å². The van der Waals surface area contributed by atoms with E-state index in [1.165, 1.54) is 0 Å². The smallest absolute Gasteiger partial charge is 0.157 e. The predicted octanol–water partition coefficient (Wildman–Crippen LogP) is 0.912. The Morgan fingerprint density at radius 2 is 1.91 bits per heavy atom. The highest BCUT2D eigenvalue weighted by molar-refractivity contribution is 4.51. The summed E-state index contributed by atoms with van der Waals surface area (Å²) in [7, 11) is 0. The summed E-state index contributed by atoms with van der Waals surface area (Å²) in [4.78, 5) is 0. The molecule has 0 bridgehead atoms. The molecule has 0 aromatic heterocycles. The van der Waals surface area contributed by atoms with Crippen molar-refractivity contribution in [1.29, 1.82) is 0 Å². The van der Waals surface area contributed by atoms with E-state index in [-0.39, 0.29) is 12.9 Å². The Morgan fingerprint density at radius 1 is 1.18 bits per heavy atom. The molecule has 0 spiro atoms. The number of aliphatic hydroxyl groups excluding tert-OH is 1. The SMILES string of the molecule is OCCCCC1OCCCO1. The molecule has 0 aliphatic carbocycles. The zero-order chi connectivity index (χ0) is 7.94. The fourth-order valence-electron chi connectivity index (χ4n) is 1.13. The van der Waals surface area contributed by atoms with Crippen molar-refractivity contribution in [3.8, 4) is 0 Å². The minimum absolute atomic E-state index is 0.00435. The van der Waals surface area contributed by atoms with Crippen LogP contribution in [0.25, 0.3) is 0 Å². The molecule has 1 saturated heterocycles. The molecule has 0 unspecified atom stereocenters. The third kappa shape index (κ3) is 3.70. The van der Waals surface area contributed by atoms with Gasteiger partial charge in [-0.15, -0.1) is 0 Å². The molecule has 0 aromatic carbocycles. The van der Waals surface area contributed by atoms with Gasteiger partial charge in [0, 0.05) is 6.61 Å². The molecule has 11 heavy (non-hydrogen) atoms. The number of hydrogen-bond acceptors (Lipinski definition) is 3. The van der Waals surface area contributed by atoms with Gasteiger partial charge in [-0.05, 0) is 25.7 Å². The fourth-order valence-corrected chi connectivity index (χ4v) is 1.13. The molecule has 0 aromatic rings. The molecule has 1 aliphatic rings. The first-order chi connectivity index (χ1) is 5.43. The normalized spacial score (nSPS) is 20.5. The molecule has 1 heterocycles. The van der Waals surface area contributed by atoms with E-state index in [0.717, 1.165) is 38.9 Å². The predicted molar refractivity (Wildman–Crippen MR) is 41.2 cm³/mol. The lowest BCUT2D eigenvalue weighted by Gasteiger charge is -2.22. The summed E-state index contributed by atoms with van der Waals surface area (Å²) in [6.45, 7) is 1.92. The van der Waals surface area contributed by atoms with Crippen molar-refractivity contribution < 1.29 is 14.6 Å². The maximum atomic E-state index is 8.51. The Bertz CT molecular complexity index is 89.3. The Kier molecular flexibility index (Phi) is 4.50. The van der Waals surface area contributed by atoms with Crippen LogP contribution in [0.5, 0.6) is 0 Å². The third-order valence-corrected chi connectivity index (χ3v) is 1.74. The van der Waals surface area contributed by atoms with Gasteiger partial charge in [0.1, 0.15) is 0 Å². The summed E-state index contributed by atoms with van der Waals surface area (Å²) in [6, 6.07) is 0. The molecule has 0 saturated carbocycles. The highest BCUT2D eigenvalue weighted by Crippen LogP contribution is 2.11. The molecular formula is C8H16O3. The van der Waals surface area contributed by atoms with Crippen molar-refractivity contribution in [2.45, 2.75) is 32.0 Å². The summed E-state index contributed by atoms with van der Waals surface area (Å²) < 4.78 is 10.6. The monoisotopic (exact) mass is 160 g/mol. The van der Waals surface area contributed by atoms with Crippen molar-refractivity contribution in [1.82, 2.24) is 0 Å². The van der Waals surface area contributed by atoms with Gasteiger partial charge in [0.15, 0.2) is 6.29 Å². The van der Waals surface area contributed by atoms with Gasteiger partial charge in [0.05, 0.1) is 13.2 Å². The second kappa shape index (κ2) is 5.52. The van der Waals surface area contributed by atoms with Crippen LogP contribution in [-0.2, 0) is 9.47 Å². The van der Waals surface area contributed by atoms with E-state index in [1.807, 2.05) is 0 Å². The first-order valence-electron chi connectivity index (χ1n) is 4.27. The van der Waals surface area contributed by atoms with E-state index in [9.17, 15) is 0 Å². The number of ether oxygens (including phenoxy) is 2. The van der Waals surface area contributed by atoms with Gasteiger partial charge < -0.3 is 14.6 Å². The van der Waals surface area contributed by atoms with E-state index in [4.69, 9.17) is 14.6 Å². The Hall–Kier alpha value is -0.120. The lowest BCUT2D eigenvalue weighted by Crippen LogP contribution is -2.24. The summed E-state index contributed by atoms with van der Waals surface area (Å²) in [6.07, 6.45) is 3.76. The minimum atomic E-state index is -0.00435. The molecular weight excluding hydrogens is 144 g/mol. The summed E-state index contributed by atoms with van der Waals surface area (Å²) in [5.41, 5.74) is 0. The number of rotatable bonds is 4. The van der Waals surface area contributed by atoms with Crippen molar-refractivity contribution >= 4 is 0 Å². The molecule has 3 nitrogen and oxygen atoms in total. The van der Waals surface area contributed by atoms with Gasteiger partial charge in [-0.3, -0.25) is 0 Å². The molecule has 3 heteroatoms. The first-order valence-corrected chi connectivity index (χ1v) is 4.27. The quantitative estimate of drug-likeness (QED) is 0.621. The van der Waals surface area contributed by atoms with Gasteiger partial charge in [-0.25, -0.2) is 0 Å². The maximum Gasteiger partial charge on any atom is 0.157 e. The molecule has 1 N–H and O–H groups in total. The second-order valence-corrected chi connectivity index (χ2v) is 2.74. The van der Waals surface area contributed by atoms with Gasteiger partial charge in [-0.2, -0.15) is 0 Å². The lowest BCUT2D eigenvalue weighted by molar-refractivity contribution is -0.181. The molecule has 1 fully saturated rings. The van der Waals surface area contributed by atoms with Crippen LogP contribution in [0.1, 0.15) is 25.7 Å². The van der Waals surface area contributed by atoms with Crippen molar-refractivity contribution in [3.05, 3.63) is 0 Å². The Morgan fingerprint density at radius 3 is 2.55 bits per heavy atom. The molecule has 1 aliphatic heterocycles. The van der Waals surface area contributed by atoms with Gasteiger partial charge in [-0.1, -0.05) is 0 Å². The molecule has 0 radical (unpaired) electrons. The van der Waals surface area contributed by atoms with Crippen LogP contribution >= 0.6 is 0 Å². The maximum absolute atomic E-state index is 8.51. The zero-order valence-corrected chi connectivity index (χ0v) is 6.79. The first kappa shape index (κ1) is 8.97. The highest BCUT2D eigenvalue weighted by atomic mass is 16.7. The summed E-state index contributed by atoms with van der Waals surface area (Å²) in [5.74, 6) is 0. The number of hydrogen-bond donors (Lipinski definition) is 1. The van der Waals surface area contributed by atoms with E-state index < -0.39 is 0 Å². The topological polar surface area (TPSA) is 38.7 Å². The number of unbranched alkanes of at least 4 members (excludes halogenated alkanes) is 1. The van der Waals surface area contributed by atoms with Crippen molar-refractivity contribution in [3.63, 3.8) is 0 Å². The van der Waals surface area contributed by atoms with E-state index in [0.29, 0.717) is 0 Å². The van der Waals surface area contributed by atoms with E-state index >= 15 is 0 Å². The van der Waals surface area contributed by atoms with Gasteiger partial charge >= 0.3 is 0 Å².